The van der Waals surface area contributed by atoms with Gasteiger partial charge < -0.3 is 0 Å². The van der Waals surface area contributed by atoms with Crippen molar-refractivity contribution in [3.05, 3.63) is 0 Å². The molecule has 0 nitrogen and oxygen atoms in total. The van der Waals surface area contributed by atoms with Crippen molar-refractivity contribution in [2.24, 2.45) is 5.41 Å². The second kappa shape index (κ2) is 8.03. The molecule has 1 atom stereocenters. The van der Waals surface area contributed by atoms with Gasteiger partial charge in [0.2, 0.25) is 0 Å². The average molecular weight is 200 g/mol. The minimum atomic E-state index is 0.0927. The first-order chi connectivity index (χ1) is 7.18. The van der Waals surface area contributed by atoms with E-state index in [0.29, 0.717) is 0 Å². The van der Waals surface area contributed by atoms with E-state index < -0.39 is 0 Å². The summed E-state index contributed by atoms with van der Waals surface area (Å²) in [7, 11) is 0. The molecule has 0 aliphatic carbocycles. The molecule has 0 saturated heterocycles. The second-order valence-corrected chi connectivity index (χ2v) is 3.92. The van der Waals surface area contributed by atoms with Gasteiger partial charge in [-0.3, -0.25) is 0 Å². The molecule has 0 aromatic heterocycles. The van der Waals surface area contributed by atoms with Gasteiger partial charge in [0.1, 0.15) is 0 Å². The van der Waals surface area contributed by atoms with Crippen LogP contribution in [0.2, 0.25) is 0 Å². The van der Waals surface area contributed by atoms with Crippen LogP contribution in [0.1, 0.15) is 52.9 Å². The number of terminal acetylenes is 1. The first kappa shape index (κ1) is 13.7. The summed E-state index contributed by atoms with van der Waals surface area (Å²) in [5, 5.41) is 0. The van der Waals surface area contributed by atoms with Crippen molar-refractivity contribution in [2.45, 2.75) is 52.9 Å². The standard InChI is InChI=1S/C15H20/c1-5-8-10-13-15(4,12-7-3)14-11-9-6-2/h1H,8,10-11,13-14H2,2-4H3. The van der Waals surface area contributed by atoms with Crippen molar-refractivity contribution in [1.82, 2.24) is 0 Å². The molecule has 0 rings (SSSR count). The Morgan fingerprint density at radius 3 is 2.33 bits per heavy atom. The zero-order valence-electron chi connectivity index (χ0n) is 10.1. The van der Waals surface area contributed by atoms with Crippen molar-refractivity contribution < 1.29 is 0 Å². The van der Waals surface area contributed by atoms with E-state index >= 15 is 0 Å². The Bertz CT molecular complexity index is 321. The summed E-state index contributed by atoms with van der Waals surface area (Å²) in [5.41, 5.74) is 0.0927. The summed E-state index contributed by atoms with van der Waals surface area (Å²) in [6.45, 7) is 5.98. The molecule has 0 radical (unpaired) electrons. The first-order valence-corrected chi connectivity index (χ1v) is 5.45. The maximum atomic E-state index is 5.25. The van der Waals surface area contributed by atoms with Crippen LogP contribution in [0.15, 0.2) is 0 Å². The van der Waals surface area contributed by atoms with E-state index in [2.05, 4.69) is 36.5 Å². The molecule has 80 valence electrons. The molecule has 0 bridgehead atoms. The van der Waals surface area contributed by atoms with E-state index in [9.17, 15) is 0 Å². The molecule has 0 spiro atoms. The van der Waals surface area contributed by atoms with Gasteiger partial charge in [-0.2, -0.15) is 0 Å². The highest BCUT2D eigenvalue weighted by Crippen LogP contribution is 2.28. The highest BCUT2D eigenvalue weighted by molar-refractivity contribution is 5.10. The topological polar surface area (TPSA) is 0 Å². The van der Waals surface area contributed by atoms with Crippen LogP contribution >= 0.6 is 0 Å². The first-order valence-electron chi connectivity index (χ1n) is 5.45. The molecule has 0 heteroatoms. The van der Waals surface area contributed by atoms with Crippen molar-refractivity contribution >= 4 is 0 Å². The monoisotopic (exact) mass is 200 g/mol. The quantitative estimate of drug-likeness (QED) is 0.469. The Labute approximate surface area is 94.8 Å². The van der Waals surface area contributed by atoms with Crippen LogP contribution in [-0.2, 0) is 0 Å². The van der Waals surface area contributed by atoms with E-state index in [1.54, 1.807) is 0 Å². The van der Waals surface area contributed by atoms with Crippen molar-refractivity contribution in [3.8, 4) is 36.0 Å². The van der Waals surface area contributed by atoms with Crippen LogP contribution in [0.25, 0.3) is 0 Å². The smallest absolute Gasteiger partial charge is 0.0295 e. The molecular weight excluding hydrogens is 180 g/mol. The number of unbranched alkanes of at least 4 members (excludes halogenated alkanes) is 1. The Morgan fingerprint density at radius 1 is 1.07 bits per heavy atom. The van der Waals surface area contributed by atoms with Crippen molar-refractivity contribution in [1.29, 1.82) is 0 Å². The highest BCUT2D eigenvalue weighted by Gasteiger charge is 2.19. The van der Waals surface area contributed by atoms with E-state index in [4.69, 9.17) is 6.42 Å². The summed E-state index contributed by atoms with van der Waals surface area (Å²) in [6, 6.07) is 0. The maximum Gasteiger partial charge on any atom is 0.0295 e. The van der Waals surface area contributed by atoms with E-state index in [0.717, 1.165) is 32.1 Å². The number of hydrogen-bond donors (Lipinski definition) is 0. The third kappa shape index (κ3) is 6.71. The zero-order valence-corrected chi connectivity index (χ0v) is 10.1. The predicted molar refractivity (Wildman–Crippen MR) is 66.9 cm³/mol. The molecule has 0 aromatic rings. The van der Waals surface area contributed by atoms with Gasteiger partial charge in [-0.1, -0.05) is 5.92 Å². The fourth-order valence-corrected chi connectivity index (χ4v) is 1.60. The lowest BCUT2D eigenvalue weighted by atomic mass is 9.81. The van der Waals surface area contributed by atoms with Gasteiger partial charge in [-0.05, 0) is 40.0 Å². The van der Waals surface area contributed by atoms with E-state index in [1.807, 2.05) is 13.8 Å². The normalized spacial score (nSPS) is 12.4. The lowest BCUT2D eigenvalue weighted by Gasteiger charge is -2.22. The van der Waals surface area contributed by atoms with Gasteiger partial charge in [0.15, 0.2) is 0 Å². The second-order valence-electron chi connectivity index (χ2n) is 3.92. The minimum absolute atomic E-state index is 0.0927. The Balaban J connectivity index is 4.21. The van der Waals surface area contributed by atoms with Crippen LogP contribution < -0.4 is 0 Å². The highest BCUT2D eigenvalue weighted by atomic mass is 14.2. The van der Waals surface area contributed by atoms with Crippen molar-refractivity contribution in [3.63, 3.8) is 0 Å². The predicted octanol–water partition coefficient (Wildman–Crippen LogP) is 3.62. The fourth-order valence-electron chi connectivity index (χ4n) is 1.60. The van der Waals surface area contributed by atoms with E-state index in [-0.39, 0.29) is 5.41 Å². The SMILES string of the molecule is C#CCCCC(C)(C#CC)CCC#CC. The van der Waals surface area contributed by atoms with Crippen LogP contribution in [0.4, 0.5) is 0 Å². The number of hydrogen-bond acceptors (Lipinski definition) is 0. The molecule has 0 fully saturated rings. The third-order valence-electron chi connectivity index (χ3n) is 2.45. The molecule has 0 aliphatic heterocycles. The third-order valence-corrected chi connectivity index (χ3v) is 2.45. The molecule has 1 unspecified atom stereocenters. The summed E-state index contributed by atoms with van der Waals surface area (Å²) in [5.74, 6) is 15.0. The Hall–Kier alpha value is -1.32. The molecular formula is C15H20. The van der Waals surface area contributed by atoms with Gasteiger partial charge in [0, 0.05) is 18.3 Å². The lowest BCUT2D eigenvalue weighted by Crippen LogP contribution is -2.13. The van der Waals surface area contributed by atoms with Crippen LogP contribution in [-0.4, -0.2) is 0 Å². The van der Waals surface area contributed by atoms with Gasteiger partial charge in [0.05, 0.1) is 0 Å². The molecule has 0 aromatic carbocycles. The van der Waals surface area contributed by atoms with Crippen LogP contribution in [0.5, 0.6) is 0 Å². The summed E-state index contributed by atoms with van der Waals surface area (Å²) in [4.78, 5) is 0. The van der Waals surface area contributed by atoms with Gasteiger partial charge >= 0.3 is 0 Å². The Morgan fingerprint density at radius 2 is 1.80 bits per heavy atom. The van der Waals surface area contributed by atoms with Crippen molar-refractivity contribution in [2.75, 3.05) is 0 Å². The minimum Gasteiger partial charge on any atom is -0.120 e. The molecule has 0 aliphatic rings. The van der Waals surface area contributed by atoms with Gasteiger partial charge in [0.25, 0.3) is 0 Å². The largest absolute Gasteiger partial charge is 0.120 e. The fraction of sp³-hybridized carbons (Fsp3) is 0.600. The lowest BCUT2D eigenvalue weighted by molar-refractivity contribution is 0.374. The molecule has 0 amide bonds. The summed E-state index contributed by atoms with van der Waals surface area (Å²) < 4.78 is 0. The average Bonchev–Trinajstić information content (AvgIpc) is 2.19. The van der Waals surface area contributed by atoms with Crippen LogP contribution in [0.3, 0.4) is 0 Å². The molecule has 0 saturated carbocycles. The Kier molecular flexibility index (Phi) is 7.32. The zero-order chi connectivity index (χ0) is 11.6. The summed E-state index contributed by atoms with van der Waals surface area (Å²) >= 11 is 0. The molecule has 0 heterocycles. The van der Waals surface area contributed by atoms with E-state index in [1.165, 1.54) is 0 Å². The summed E-state index contributed by atoms with van der Waals surface area (Å²) in [6.07, 6.45) is 10.2. The van der Waals surface area contributed by atoms with Gasteiger partial charge in [-0.25, -0.2) is 0 Å². The molecule has 0 N–H and O–H groups in total. The number of rotatable bonds is 5. The van der Waals surface area contributed by atoms with Crippen LogP contribution in [0, 0.1) is 41.4 Å². The molecule has 15 heavy (non-hydrogen) atoms. The maximum absolute atomic E-state index is 5.25. The van der Waals surface area contributed by atoms with Gasteiger partial charge in [-0.15, -0.1) is 30.1 Å².